The van der Waals surface area contributed by atoms with Crippen molar-refractivity contribution in [2.75, 3.05) is 25.0 Å². The first kappa shape index (κ1) is 15.4. The van der Waals surface area contributed by atoms with Gasteiger partial charge in [-0.1, -0.05) is 0 Å². The lowest BCUT2D eigenvalue weighted by Crippen LogP contribution is -2.38. The number of pyridine rings is 1. The molecule has 1 saturated heterocycles. The van der Waals surface area contributed by atoms with E-state index in [9.17, 15) is 9.18 Å². The fourth-order valence-electron chi connectivity index (χ4n) is 2.17. The molecule has 1 aliphatic rings. The molecule has 21 heavy (non-hydrogen) atoms. The van der Waals surface area contributed by atoms with Gasteiger partial charge in [0.1, 0.15) is 5.82 Å². The lowest BCUT2D eigenvalue weighted by atomic mass is 10.1. The smallest absolute Gasteiger partial charge is 0.367 e. The minimum absolute atomic E-state index is 0.149. The fraction of sp³-hybridized carbons (Fsp3) is 0.467. The Morgan fingerprint density at radius 3 is 3.10 bits per heavy atom. The Balaban J connectivity index is 1.95. The Bertz CT molecular complexity index is 496. The maximum Gasteiger partial charge on any atom is 0.367 e. The number of carbonyl (C=O) groups is 1. The molecular weight excluding hydrogens is 273 g/mol. The average Bonchev–Trinajstić information content (AvgIpc) is 2.50. The number of hydrogen-bond acceptors (Lipinski definition) is 5. The van der Waals surface area contributed by atoms with Gasteiger partial charge in [0.25, 0.3) is 0 Å². The fourth-order valence-corrected chi connectivity index (χ4v) is 2.17. The number of anilines is 1. The lowest BCUT2D eigenvalue weighted by Gasteiger charge is -2.24. The molecule has 2 N–H and O–H groups in total. The predicted molar refractivity (Wildman–Crippen MR) is 79.5 cm³/mol. The zero-order valence-electron chi connectivity index (χ0n) is 12.1. The molecule has 6 heteroatoms. The van der Waals surface area contributed by atoms with Crippen molar-refractivity contribution >= 4 is 17.9 Å². The van der Waals surface area contributed by atoms with Gasteiger partial charge in [-0.2, -0.15) is 4.39 Å². The summed E-state index contributed by atoms with van der Waals surface area (Å²) in [6.07, 6.45) is 4.89. The number of hydrogen-bond donors (Lipinski definition) is 2. The molecule has 0 unspecified atom stereocenters. The second-order valence-corrected chi connectivity index (χ2v) is 4.88. The van der Waals surface area contributed by atoms with E-state index in [1.165, 1.54) is 6.20 Å². The molecule has 0 aromatic carbocycles. The van der Waals surface area contributed by atoms with Crippen LogP contribution in [0.15, 0.2) is 24.2 Å². The van der Waals surface area contributed by atoms with Gasteiger partial charge in [0.2, 0.25) is 5.83 Å². The Morgan fingerprint density at radius 2 is 2.48 bits per heavy atom. The normalized spacial score (nSPS) is 19.1. The number of esters is 1. The summed E-state index contributed by atoms with van der Waals surface area (Å²) in [6.45, 7) is 3.76. The highest BCUT2D eigenvalue weighted by atomic mass is 19.1. The van der Waals surface area contributed by atoms with Crippen molar-refractivity contribution in [2.45, 2.75) is 25.8 Å². The van der Waals surface area contributed by atoms with Gasteiger partial charge in [0, 0.05) is 18.8 Å². The number of aromatic nitrogens is 1. The summed E-state index contributed by atoms with van der Waals surface area (Å²) in [5, 5.41) is 6.64. The summed E-state index contributed by atoms with van der Waals surface area (Å²) in [7, 11) is 0. The van der Waals surface area contributed by atoms with Crippen LogP contribution in [0.3, 0.4) is 0 Å². The Morgan fingerprint density at radius 1 is 1.62 bits per heavy atom. The summed E-state index contributed by atoms with van der Waals surface area (Å²) in [5.74, 6) is -1.12. The number of piperidine rings is 1. The molecule has 0 bridgehead atoms. The Labute approximate surface area is 123 Å². The first-order chi connectivity index (χ1) is 10.2. The summed E-state index contributed by atoms with van der Waals surface area (Å²) in [4.78, 5) is 15.4. The van der Waals surface area contributed by atoms with Gasteiger partial charge in [0.05, 0.1) is 6.61 Å². The van der Waals surface area contributed by atoms with Crippen LogP contribution in [0.5, 0.6) is 0 Å². The van der Waals surface area contributed by atoms with Gasteiger partial charge in [-0.25, -0.2) is 9.78 Å². The molecule has 1 aliphatic heterocycles. The molecule has 5 nitrogen and oxygen atoms in total. The molecule has 0 aliphatic carbocycles. The highest BCUT2D eigenvalue weighted by molar-refractivity contribution is 5.91. The molecule has 2 heterocycles. The van der Waals surface area contributed by atoms with E-state index in [0.29, 0.717) is 11.6 Å². The number of rotatable bonds is 5. The van der Waals surface area contributed by atoms with Crippen LogP contribution in [0, 0.1) is 0 Å². The van der Waals surface area contributed by atoms with E-state index in [-0.39, 0.29) is 6.61 Å². The quantitative estimate of drug-likeness (QED) is 0.643. The summed E-state index contributed by atoms with van der Waals surface area (Å²) < 4.78 is 18.1. The van der Waals surface area contributed by atoms with Gasteiger partial charge in [-0.3, -0.25) is 0 Å². The number of ether oxygens (including phenoxy) is 1. The summed E-state index contributed by atoms with van der Waals surface area (Å²) in [6, 6.07) is 3.85. The zero-order chi connectivity index (χ0) is 15.1. The molecule has 1 aromatic heterocycles. The van der Waals surface area contributed by atoms with Crippen LogP contribution < -0.4 is 10.6 Å². The van der Waals surface area contributed by atoms with Crippen LogP contribution in [0.4, 0.5) is 10.2 Å². The van der Waals surface area contributed by atoms with Crippen LogP contribution in [-0.4, -0.2) is 36.7 Å². The van der Waals surface area contributed by atoms with Gasteiger partial charge in [-0.05, 0) is 50.1 Å². The van der Waals surface area contributed by atoms with Gasteiger partial charge < -0.3 is 15.4 Å². The van der Waals surface area contributed by atoms with E-state index in [2.05, 4.69) is 20.4 Å². The summed E-state index contributed by atoms with van der Waals surface area (Å²) in [5.41, 5.74) is 0.521. The monoisotopic (exact) mass is 293 g/mol. The highest BCUT2D eigenvalue weighted by Crippen LogP contribution is 2.13. The van der Waals surface area contributed by atoms with E-state index in [4.69, 9.17) is 0 Å². The van der Waals surface area contributed by atoms with Crippen LogP contribution in [0.25, 0.3) is 6.08 Å². The van der Waals surface area contributed by atoms with Crippen molar-refractivity contribution in [2.24, 2.45) is 0 Å². The second-order valence-electron chi connectivity index (χ2n) is 4.88. The topological polar surface area (TPSA) is 63.2 Å². The van der Waals surface area contributed by atoms with Crippen molar-refractivity contribution < 1.29 is 13.9 Å². The Kier molecular flexibility index (Phi) is 5.68. The third kappa shape index (κ3) is 4.82. The van der Waals surface area contributed by atoms with Crippen LogP contribution in [-0.2, 0) is 9.53 Å². The average molecular weight is 293 g/mol. The van der Waals surface area contributed by atoms with Crippen molar-refractivity contribution in [3.05, 3.63) is 29.7 Å². The van der Waals surface area contributed by atoms with E-state index in [1.54, 1.807) is 19.1 Å². The van der Waals surface area contributed by atoms with E-state index in [0.717, 1.165) is 37.8 Å². The van der Waals surface area contributed by atoms with Crippen LogP contribution in [0.2, 0.25) is 0 Å². The van der Waals surface area contributed by atoms with Gasteiger partial charge in [-0.15, -0.1) is 0 Å². The molecule has 2 rings (SSSR count). The highest BCUT2D eigenvalue weighted by Gasteiger charge is 2.13. The third-order valence-corrected chi connectivity index (χ3v) is 3.20. The lowest BCUT2D eigenvalue weighted by molar-refractivity contribution is -0.140. The Hall–Kier alpha value is -1.95. The first-order valence-electron chi connectivity index (χ1n) is 7.16. The maximum atomic E-state index is 13.5. The number of halogens is 1. The van der Waals surface area contributed by atoms with Crippen molar-refractivity contribution in [3.63, 3.8) is 0 Å². The first-order valence-corrected chi connectivity index (χ1v) is 7.16. The van der Waals surface area contributed by atoms with Crippen molar-refractivity contribution in [1.82, 2.24) is 10.3 Å². The van der Waals surface area contributed by atoms with E-state index >= 15 is 0 Å². The molecule has 0 amide bonds. The number of carbonyl (C=O) groups excluding carboxylic acids is 1. The maximum absolute atomic E-state index is 13.5. The second kappa shape index (κ2) is 7.73. The molecular formula is C15H20FN3O2. The molecule has 1 aromatic rings. The predicted octanol–water partition coefficient (Wildman–Crippen LogP) is 2.12. The van der Waals surface area contributed by atoms with Gasteiger partial charge >= 0.3 is 5.97 Å². The molecule has 0 saturated carbocycles. The summed E-state index contributed by atoms with van der Waals surface area (Å²) >= 11 is 0. The molecule has 114 valence electrons. The van der Waals surface area contributed by atoms with E-state index < -0.39 is 11.8 Å². The van der Waals surface area contributed by atoms with Crippen LogP contribution in [0.1, 0.15) is 25.3 Å². The molecule has 0 spiro atoms. The van der Waals surface area contributed by atoms with Crippen molar-refractivity contribution in [1.29, 1.82) is 0 Å². The number of nitrogens with zero attached hydrogens (tertiary/aromatic N) is 1. The minimum Gasteiger partial charge on any atom is -0.461 e. The van der Waals surface area contributed by atoms with Crippen LogP contribution >= 0.6 is 0 Å². The number of nitrogens with one attached hydrogen (secondary N) is 2. The van der Waals surface area contributed by atoms with Gasteiger partial charge in [0.15, 0.2) is 0 Å². The molecule has 1 fully saturated rings. The zero-order valence-corrected chi connectivity index (χ0v) is 12.1. The standard InChI is InChI=1S/C15H20FN3O2/c1-2-21-15(20)13(16)8-11-5-6-14(18-9-11)19-12-4-3-7-17-10-12/h5-6,8-9,12,17H,2-4,7,10H2,1H3,(H,18,19)/t12-/m1/s1. The molecule has 0 radical (unpaired) electrons. The minimum atomic E-state index is -0.951. The largest absolute Gasteiger partial charge is 0.461 e. The third-order valence-electron chi connectivity index (χ3n) is 3.20. The van der Waals surface area contributed by atoms with E-state index in [1.807, 2.05) is 0 Å². The SMILES string of the molecule is CCOC(=O)C(F)=Cc1ccc(N[C@@H]2CCCNC2)nc1. The van der Waals surface area contributed by atoms with Crippen molar-refractivity contribution in [3.8, 4) is 0 Å². The molecule has 1 atom stereocenters.